The van der Waals surface area contributed by atoms with Crippen LogP contribution in [0, 0.1) is 5.92 Å². The van der Waals surface area contributed by atoms with Crippen molar-refractivity contribution in [3.63, 3.8) is 0 Å². The van der Waals surface area contributed by atoms with Crippen LogP contribution in [0.25, 0.3) is 0 Å². The second kappa shape index (κ2) is 7.58. The first-order valence-electron chi connectivity index (χ1n) is 7.16. The minimum atomic E-state index is 0.655. The molecule has 0 aliphatic heterocycles. The van der Waals surface area contributed by atoms with E-state index in [0.717, 1.165) is 18.8 Å². The number of allylic oxidation sites excluding steroid dienone is 2. The maximum atomic E-state index is 4.15. The van der Waals surface area contributed by atoms with E-state index >= 15 is 0 Å². The molecule has 1 N–H and O–H groups in total. The molecule has 0 heterocycles. The maximum absolute atomic E-state index is 4.15. The first-order valence-corrected chi connectivity index (χ1v) is 7.16. The van der Waals surface area contributed by atoms with Crippen LogP contribution in [-0.4, -0.2) is 6.04 Å². The Morgan fingerprint density at radius 1 is 1.12 bits per heavy atom. The summed E-state index contributed by atoms with van der Waals surface area (Å²) >= 11 is 0. The first-order chi connectivity index (χ1) is 8.08. The first kappa shape index (κ1) is 14.3. The summed E-state index contributed by atoms with van der Waals surface area (Å²) in [5.74, 6) is 0.863. The molecule has 0 radical (unpaired) electrons. The van der Waals surface area contributed by atoms with Crippen LogP contribution in [0.15, 0.2) is 24.4 Å². The number of nitrogens with one attached hydrogen (secondary N) is 1. The second-order valence-corrected chi connectivity index (χ2v) is 5.88. The van der Waals surface area contributed by atoms with Crippen molar-refractivity contribution in [3.05, 3.63) is 24.4 Å². The van der Waals surface area contributed by atoms with E-state index < -0.39 is 0 Å². The smallest absolute Gasteiger partial charge is 0.0260 e. The van der Waals surface area contributed by atoms with E-state index in [0.29, 0.717) is 6.04 Å². The summed E-state index contributed by atoms with van der Waals surface area (Å²) in [6, 6.07) is 0.655. The molecule has 17 heavy (non-hydrogen) atoms. The van der Waals surface area contributed by atoms with E-state index in [-0.39, 0.29) is 0 Å². The molecule has 1 aliphatic rings. The summed E-state index contributed by atoms with van der Waals surface area (Å²) in [5.41, 5.74) is 2.45. The Kier molecular flexibility index (Phi) is 6.39. The van der Waals surface area contributed by atoms with E-state index in [1.807, 2.05) is 0 Å². The zero-order valence-corrected chi connectivity index (χ0v) is 11.7. The highest BCUT2D eigenvalue weighted by Gasteiger charge is 2.15. The molecular formula is C16H29N. The van der Waals surface area contributed by atoms with Crippen LogP contribution in [0.1, 0.15) is 65.2 Å². The highest BCUT2D eigenvalue weighted by atomic mass is 14.9. The van der Waals surface area contributed by atoms with Gasteiger partial charge in [-0.3, -0.25) is 0 Å². The summed E-state index contributed by atoms with van der Waals surface area (Å²) in [6.45, 7) is 12.6. The van der Waals surface area contributed by atoms with Gasteiger partial charge >= 0.3 is 0 Å². The van der Waals surface area contributed by atoms with Crippen LogP contribution < -0.4 is 5.32 Å². The molecule has 1 rings (SSSR count). The molecular weight excluding hydrogens is 206 g/mol. The highest BCUT2D eigenvalue weighted by Crippen LogP contribution is 2.23. The van der Waals surface area contributed by atoms with Gasteiger partial charge in [0.1, 0.15) is 0 Å². The monoisotopic (exact) mass is 235 g/mol. The molecule has 1 heteroatoms. The molecule has 98 valence electrons. The standard InChI is InChI=1S/C16H29N/c1-13(2)10-11-15(4)17-16-9-7-5-6-8-14(3)12-16/h14,16-17H,1,4-12H2,2-3H3. The van der Waals surface area contributed by atoms with Gasteiger partial charge in [-0.15, -0.1) is 6.58 Å². The highest BCUT2D eigenvalue weighted by molar-refractivity contribution is 4.99. The lowest BCUT2D eigenvalue weighted by Gasteiger charge is -2.26. The van der Waals surface area contributed by atoms with Crippen LogP contribution in [0.2, 0.25) is 0 Å². The molecule has 0 aromatic carbocycles. The summed E-state index contributed by atoms with van der Waals surface area (Å²) in [4.78, 5) is 0. The Labute approximate surface area is 107 Å². The number of hydrogen-bond acceptors (Lipinski definition) is 1. The molecule has 0 aromatic heterocycles. The molecule has 2 atom stereocenters. The fraction of sp³-hybridized carbons (Fsp3) is 0.750. The maximum Gasteiger partial charge on any atom is 0.0260 e. The SMILES string of the molecule is C=C(C)CCC(=C)NC1CCCCCC(C)C1. The Morgan fingerprint density at radius 3 is 2.53 bits per heavy atom. The minimum Gasteiger partial charge on any atom is -0.386 e. The lowest BCUT2D eigenvalue weighted by atomic mass is 9.89. The summed E-state index contributed by atoms with van der Waals surface area (Å²) in [5, 5.41) is 3.64. The van der Waals surface area contributed by atoms with E-state index in [4.69, 9.17) is 0 Å². The van der Waals surface area contributed by atoms with Crippen molar-refractivity contribution < 1.29 is 0 Å². The quantitative estimate of drug-likeness (QED) is 0.675. The van der Waals surface area contributed by atoms with Gasteiger partial charge in [-0.25, -0.2) is 0 Å². The minimum absolute atomic E-state index is 0.655. The largest absolute Gasteiger partial charge is 0.386 e. The van der Waals surface area contributed by atoms with Crippen molar-refractivity contribution in [1.29, 1.82) is 0 Å². The normalized spacial score (nSPS) is 25.8. The molecule has 1 fully saturated rings. The molecule has 1 saturated carbocycles. The van der Waals surface area contributed by atoms with Gasteiger partial charge < -0.3 is 5.32 Å². The van der Waals surface area contributed by atoms with Crippen LogP contribution >= 0.6 is 0 Å². The van der Waals surface area contributed by atoms with Crippen LogP contribution in [0.5, 0.6) is 0 Å². The molecule has 2 unspecified atom stereocenters. The second-order valence-electron chi connectivity index (χ2n) is 5.88. The zero-order valence-electron chi connectivity index (χ0n) is 11.7. The predicted octanol–water partition coefficient (Wildman–Crippen LogP) is 4.80. The lowest BCUT2D eigenvalue weighted by molar-refractivity contribution is 0.339. The number of rotatable bonds is 5. The van der Waals surface area contributed by atoms with Crippen molar-refractivity contribution in [2.75, 3.05) is 0 Å². The summed E-state index contributed by atoms with van der Waals surface area (Å²) < 4.78 is 0. The van der Waals surface area contributed by atoms with Crippen molar-refractivity contribution in [2.45, 2.75) is 71.3 Å². The topological polar surface area (TPSA) is 12.0 Å². The van der Waals surface area contributed by atoms with Gasteiger partial charge in [0.25, 0.3) is 0 Å². The summed E-state index contributed by atoms with van der Waals surface area (Å²) in [6.07, 6.45) is 10.3. The van der Waals surface area contributed by atoms with Crippen molar-refractivity contribution in [3.8, 4) is 0 Å². The van der Waals surface area contributed by atoms with Gasteiger partial charge in [0.05, 0.1) is 0 Å². The van der Waals surface area contributed by atoms with E-state index in [2.05, 4.69) is 32.3 Å². The number of hydrogen-bond donors (Lipinski definition) is 1. The van der Waals surface area contributed by atoms with E-state index in [9.17, 15) is 0 Å². The van der Waals surface area contributed by atoms with Crippen molar-refractivity contribution in [2.24, 2.45) is 5.92 Å². The van der Waals surface area contributed by atoms with Crippen LogP contribution in [0.3, 0.4) is 0 Å². The van der Waals surface area contributed by atoms with Crippen molar-refractivity contribution in [1.82, 2.24) is 5.32 Å². The van der Waals surface area contributed by atoms with Gasteiger partial charge in [0.15, 0.2) is 0 Å². The Morgan fingerprint density at radius 2 is 1.82 bits per heavy atom. The lowest BCUT2D eigenvalue weighted by Crippen LogP contribution is -2.30. The predicted molar refractivity (Wildman–Crippen MR) is 77.0 cm³/mol. The molecule has 0 bridgehead atoms. The zero-order chi connectivity index (χ0) is 12.7. The van der Waals surface area contributed by atoms with E-state index in [1.54, 1.807) is 0 Å². The van der Waals surface area contributed by atoms with Gasteiger partial charge in [-0.05, 0) is 38.5 Å². The average Bonchev–Trinajstić information content (AvgIpc) is 2.22. The Balaban J connectivity index is 2.31. The van der Waals surface area contributed by atoms with Gasteiger partial charge in [0, 0.05) is 11.7 Å². The molecule has 0 spiro atoms. The molecule has 0 aromatic rings. The summed E-state index contributed by atoms with van der Waals surface area (Å²) in [7, 11) is 0. The molecule has 1 aliphatic carbocycles. The van der Waals surface area contributed by atoms with Gasteiger partial charge in [0.2, 0.25) is 0 Å². The molecule has 0 amide bonds. The van der Waals surface area contributed by atoms with Crippen LogP contribution in [-0.2, 0) is 0 Å². The third kappa shape index (κ3) is 6.55. The van der Waals surface area contributed by atoms with Crippen molar-refractivity contribution >= 4 is 0 Å². The van der Waals surface area contributed by atoms with E-state index in [1.165, 1.54) is 49.8 Å². The Hall–Kier alpha value is -0.720. The third-order valence-electron chi connectivity index (χ3n) is 3.70. The average molecular weight is 235 g/mol. The molecule has 0 saturated heterocycles. The Bertz CT molecular complexity index is 254. The molecule has 1 nitrogen and oxygen atoms in total. The fourth-order valence-electron chi connectivity index (χ4n) is 2.64. The fourth-order valence-corrected chi connectivity index (χ4v) is 2.64. The third-order valence-corrected chi connectivity index (χ3v) is 3.70. The van der Waals surface area contributed by atoms with Gasteiger partial charge in [-0.1, -0.05) is 44.8 Å². The van der Waals surface area contributed by atoms with Gasteiger partial charge in [-0.2, -0.15) is 0 Å². The van der Waals surface area contributed by atoms with Crippen LogP contribution in [0.4, 0.5) is 0 Å².